The lowest BCUT2D eigenvalue weighted by Crippen LogP contribution is -2.43. The van der Waals surface area contributed by atoms with Crippen molar-refractivity contribution in [2.45, 2.75) is 58.5 Å². The summed E-state index contributed by atoms with van der Waals surface area (Å²) in [6.45, 7) is 7.32. The highest BCUT2D eigenvalue weighted by Crippen LogP contribution is 2.29. The first-order valence-corrected chi connectivity index (χ1v) is 10.7. The number of piperidine rings is 1. The fourth-order valence-electron chi connectivity index (χ4n) is 3.72. The van der Waals surface area contributed by atoms with E-state index in [-0.39, 0.29) is 12.0 Å². The standard InChI is InChI=1S/C23H33N3O2/c1-3-5-7-18-15-19-8-6-12-25-23(19)21(16-18)28-20-9-13-26(14-10-20)17-22(27)24-11-4-2/h6,8,12,15-16,20H,3-5,7,9-11,13-14,17H2,1-2H3,(H,24,27). The molecule has 5 heteroatoms. The van der Waals surface area contributed by atoms with Crippen molar-refractivity contribution in [3.05, 3.63) is 36.0 Å². The maximum atomic E-state index is 11.9. The van der Waals surface area contributed by atoms with Crippen LogP contribution in [0.4, 0.5) is 0 Å². The summed E-state index contributed by atoms with van der Waals surface area (Å²) in [4.78, 5) is 18.7. The van der Waals surface area contributed by atoms with E-state index in [9.17, 15) is 4.79 Å². The first-order valence-electron chi connectivity index (χ1n) is 10.7. The van der Waals surface area contributed by atoms with Crippen LogP contribution >= 0.6 is 0 Å². The zero-order chi connectivity index (χ0) is 19.8. The summed E-state index contributed by atoms with van der Waals surface area (Å²) in [5, 5.41) is 4.10. The molecule has 28 heavy (non-hydrogen) atoms. The number of hydrogen-bond acceptors (Lipinski definition) is 4. The van der Waals surface area contributed by atoms with Gasteiger partial charge in [-0.3, -0.25) is 14.7 Å². The number of aryl methyl sites for hydroxylation is 1. The minimum absolute atomic E-state index is 0.125. The highest BCUT2D eigenvalue weighted by atomic mass is 16.5. The number of nitrogens with one attached hydrogen (secondary N) is 1. The topological polar surface area (TPSA) is 54.5 Å². The number of carbonyl (C=O) groups is 1. The first-order chi connectivity index (χ1) is 13.7. The van der Waals surface area contributed by atoms with Crippen molar-refractivity contribution in [3.63, 3.8) is 0 Å². The number of fused-ring (bicyclic) bond motifs is 1. The maximum absolute atomic E-state index is 11.9. The lowest BCUT2D eigenvalue weighted by molar-refractivity contribution is -0.122. The Balaban J connectivity index is 1.61. The van der Waals surface area contributed by atoms with Gasteiger partial charge in [0.15, 0.2) is 0 Å². The maximum Gasteiger partial charge on any atom is 0.234 e. The SMILES string of the molecule is CCCCc1cc(OC2CCN(CC(=O)NCCC)CC2)c2ncccc2c1. The van der Waals surface area contributed by atoms with Crippen molar-refractivity contribution in [1.29, 1.82) is 0 Å². The lowest BCUT2D eigenvalue weighted by Gasteiger charge is -2.31. The Morgan fingerprint density at radius 3 is 2.82 bits per heavy atom. The van der Waals surface area contributed by atoms with Crippen LogP contribution < -0.4 is 10.1 Å². The summed E-state index contributed by atoms with van der Waals surface area (Å²) in [5.41, 5.74) is 2.27. The summed E-state index contributed by atoms with van der Waals surface area (Å²) in [6, 6.07) is 8.51. The Labute approximate surface area is 168 Å². The van der Waals surface area contributed by atoms with Gasteiger partial charge in [0.1, 0.15) is 17.4 Å². The molecule has 2 aromatic rings. The Kier molecular flexibility index (Phi) is 7.66. The molecule has 1 amide bonds. The highest BCUT2D eigenvalue weighted by Gasteiger charge is 2.23. The molecule has 0 aliphatic carbocycles. The molecule has 1 fully saturated rings. The number of nitrogens with zero attached hydrogens (tertiary/aromatic N) is 2. The molecule has 0 radical (unpaired) electrons. The third kappa shape index (κ3) is 5.68. The minimum Gasteiger partial charge on any atom is -0.488 e. The molecule has 2 heterocycles. The predicted molar refractivity (Wildman–Crippen MR) is 114 cm³/mol. The fraction of sp³-hybridized carbons (Fsp3) is 0.565. The monoisotopic (exact) mass is 383 g/mol. The molecule has 1 aliphatic rings. The van der Waals surface area contributed by atoms with Crippen LogP contribution in [0.25, 0.3) is 10.9 Å². The molecule has 1 aromatic carbocycles. The molecule has 3 rings (SSSR count). The van der Waals surface area contributed by atoms with Crippen molar-refractivity contribution in [3.8, 4) is 5.75 Å². The molecule has 1 aliphatic heterocycles. The third-order valence-corrected chi connectivity index (χ3v) is 5.32. The van der Waals surface area contributed by atoms with Gasteiger partial charge in [0, 0.05) is 31.2 Å². The quantitative estimate of drug-likeness (QED) is 0.712. The van der Waals surface area contributed by atoms with E-state index in [1.54, 1.807) is 0 Å². The van der Waals surface area contributed by atoms with Crippen LogP contribution in [0, 0.1) is 0 Å². The van der Waals surface area contributed by atoms with Crippen LogP contribution in [0.15, 0.2) is 30.5 Å². The number of benzene rings is 1. The van der Waals surface area contributed by atoms with E-state index in [4.69, 9.17) is 4.74 Å². The van der Waals surface area contributed by atoms with Gasteiger partial charge in [-0.05, 0) is 55.9 Å². The van der Waals surface area contributed by atoms with Crippen molar-refractivity contribution in [2.24, 2.45) is 0 Å². The second kappa shape index (κ2) is 10.4. The molecule has 0 bridgehead atoms. The van der Waals surface area contributed by atoms with Gasteiger partial charge in [0.05, 0.1) is 6.54 Å². The summed E-state index contributed by atoms with van der Waals surface area (Å²) >= 11 is 0. The predicted octanol–water partition coefficient (Wildman–Crippen LogP) is 3.95. The normalized spacial score (nSPS) is 15.6. The van der Waals surface area contributed by atoms with Gasteiger partial charge in [-0.25, -0.2) is 0 Å². The van der Waals surface area contributed by atoms with Crippen LogP contribution in [-0.4, -0.2) is 48.1 Å². The smallest absolute Gasteiger partial charge is 0.234 e. The number of pyridine rings is 1. The first kappa shape index (κ1) is 20.6. The molecule has 0 saturated carbocycles. The average molecular weight is 384 g/mol. The molecule has 1 aromatic heterocycles. The van der Waals surface area contributed by atoms with Gasteiger partial charge in [0.2, 0.25) is 5.91 Å². The molecule has 1 saturated heterocycles. The molecular weight excluding hydrogens is 350 g/mol. The molecule has 152 valence electrons. The molecule has 0 spiro atoms. The lowest BCUT2D eigenvalue weighted by atomic mass is 10.0. The molecule has 0 unspecified atom stereocenters. The Hall–Kier alpha value is -2.14. The van der Waals surface area contributed by atoms with Gasteiger partial charge < -0.3 is 10.1 Å². The molecular formula is C23H33N3O2. The second-order valence-corrected chi connectivity index (χ2v) is 7.72. The second-order valence-electron chi connectivity index (χ2n) is 7.72. The Morgan fingerprint density at radius 2 is 2.07 bits per heavy atom. The average Bonchev–Trinajstić information content (AvgIpc) is 2.72. The summed E-state index contributed by atoms with van der Waals surface area (Å²) < 4.78 is 6.42. The Bertz CT molecular complexity index is 770. The van der Waals surface area contributed by atoms with E-state index in [0.29, 0.717) is 6.54 Å². The zero-order valence-electron chi connectivity index (χ0n) is 17.2. The van der Waals surface area contributed by atoms with Gasteiger partial charge in [-0.2, -0.15) is 0 Å². The number of ether oxygens (including phenoxy) is 1. The third-order valence-electron chi connectivity index (χ3n) is 5.32. The van der Waals surface area contributed by atoms with Crippen LogP contribution in [0.3, 0.4) is 0 Å². The number of rotatable bonds is 9. The number of aromatic nitrogens is 1. The summed E-state index contributed by atoms with van der Waals surface area (Å²) in [5.74, 6) is 1.03. The molecule has 0 atom stereocenters. The van der Waals surface area contributed by atoms with Crippen LogP contribution in [0.1, 0.15) is 51.5 Å². The van der Waals surface area contributed by atoms with E-state index < -0.39 is 0 Å². The van der Waals surface area contributed by atoms with Gasteiger partial charge >= 0.3 is 0 Å². The van der Waals surface area contributed by atoms with Crippen molar-refractivity contribution in [2.75, 3.05) is 26.2 Å². The van der Waals surface area contributed by atoms with Crippen LogP contribution in [-0.2, 0) is 11.2 Å². The Morgan fingerprint density at radius 1 is 1.25 bits per heavy atom. The molecule has 5 nitrogen and oxygen atoms in total. The van der Waals surface area contributed by atoms with E-state index >= 15 is 0 Å². The van der Waals surface area contributed by atoms with Crippen molar-refractivity contribution >= 4 is 16.8 Å². The highest BCUT2D eigenvalue weighted by molar-refractivity contribution is 5.85. The van der Waals surface area contributed by atoms with Gasteiger partial charge in [-0.15, -0.1) is 0 Å². The molecule has 1 N–H and O–H groups in total. The fourth-order valence-corrected chi connectivity index (χ4v) is 3.72. The van der Waals surface area contributed by atoms with Crippen molar-refractivity contribution in [1.82, 2.24) is 15.2 Å². The van der Waals surface area contributed by atoms with Gasteiger partial charge in [0.25, 0.3) is 0 Å². The van der Waals surface area contributed by atoms with E-state index in [2.05, 4.69) is 47.2 Å². The number of amides is 1. The van der Waals surface area contributed by atoms with Crippen LogP contribution in [0.5, 0.6) is 5.75 Å². The minimum atomic E-state index is 0.125. The van der Waals surface area contributed by atoms with E-state index in [1.165, 1.54) is 18.4 Å². The zero-order valence-corrected chi connectivity index (χ0v) is 17.2. The number of likely N-dealkylation sites (tertiary alicyclic amines) is 1. The van der Waals surface area contributed by atoms with Crippen LogP contribution in [0.2, 0.25) is 0 Å². The van der Waals surface area contributed by atoms with Gasteiger partial charge in [-0.1, -0.05) is 26.3 Å². The summed E-state index contributed by atoms with van der Waals surface area (Å²) in [7, 11) is 0. The summed E-state index contributed by atoms with van der Waals surface area (Å²) in [6.07, 6.45) is 8.31. The number of hydrogen-bond donors (Lipinski definition) is 1. The number of unbranched alkanes of at least 4 members (excludes halogenated alkanes) is 1. The van der Waals surface area contributed by atoms with E-state index in [0.717, 1.165) is 62.0 Å². The number of carbonyl (C=O) groups excluding carboxylic acids is 1. The van der Waals surface area contributed by atoms with E-state index in [1.807, 2.05) is 12.3 Å². The van der Waals surface area contributed by atoms with Crippen molar-refractivity contribution < 1.29 is 9.53 Å². The largest absolute Gasteiger partial charge is 0.488 e.